The second kappa shape index (κ2) is 3.62. The summed E-state index contributed by atoms with van der Waals surface area (Å²) in [6, 6.07) is 4.33. The maximum absolute atomic E-state index is 5.40. The fourth-order valence-electron chi connectivity index (χ4n) is 1.92. The van der Waals surface area contributed by atoms with E-state index < -0.39 is 0 Å². The zero-order chi connectivity index (χ0) is 10.1. The third kappa shape index (κ3) is 1.30. The molecule has 0 spiro atoms. The van der Waals surface area contributed by atoms with Crippen LogP contribution >= 0.6 is 11.3 Å². The second-order valence-electron chi connectivity index (χ2n) is 3.37. The number of rotatable bonds is 2. The topological polar surface area (TPSA) is 9.23 Å². The molecular weight excluding hydrogens is 192 g/mol. The van der Waals surface area contributed by atoms with Crippen LogP contribution in [0.5, 0.6) is 5.75 Å². The lowest BCUT2D eigenvalue weighted by Gasteiger charge is -2.10. The van der Waals surface area contributed by atoms with Gasteiger partial charge in [0.25, 0.3) is 0 Å². The molecule has 0 radical (unpaired) electrons. The number of hydrogen-bond acceptors (Lipinski definition) is 2. The van der Waals surface area contributed by atoms with Crippen LogP contribution in [0.25, 0.3) is 10.1 Å². The van der Waals surface area contributed by atoms with Crippen molar-refractivity contribution in [2.75, 3.05) is 7.11 Å². The number of fused-ring (bicyclic) bond motifs is 1. The molecule has 1 aromatic heterocycles. The smallest absolute Gasteiger partial charge is 0.123 e. The molecule has 0 saturated carbocycles. The number of methoxy groups -OCH3 is 1. The average molecular weight is 206 g/mol. The zero-order valence-electron chi connectivity index (χ0n) is 8.76. The van der Waals surface area contributed by atoms with Crippen LogP contribution in [0.4, 0.5) is 0 Å². The van der Waals surface area contributed by atoms with Crippen molar-refractivity contribution in [1.82, 2.24) is 0 Å². The SMILES string of the molecule is CCc1c(OC)cc2sccc2c1C. The molecule has 0 saturated heterocycles. The predicted molar refractivity (Wildman–Crippen MR) is 62.5 cm³/mol. The van der Waals surface area contributed by atoms with Crippen molar-refractivity contribution in [2.45, 2.75) is 20.3 Å². The van der Waals surface area contributed by atoms with Crippen molar-refractivity contribution >= 4 is 21.4 Å². The summed E-state index contributed by atoms with van der Waals surface area (Å²) in [5, 5.41) is 3.50. The largest absolute Gasteiger partial charge is 0.496 e. The van der Waals surface area contributed by atoms with Gasteiger partial charge in [0.05, 0.1) is 7.11 Å². The Kier molecular flexibility index (Phi) is 2.46. The second-order valence-corrected chi connectivity index (χ2v) is 4.32. The number of hydrogen-bond donors (Lipinski definition) is 0. The Hall–Kier alpha value is -1.02. The minimum Gasteiger partial charge on any atom is -0.496 e. The first kappa shape index (κ1) is 9.53. The fourth-order valence-corrected chi connectivity index (χ4v) is 2.79. The molecule has 2 aromatic rings. The molecule has 0 unspecified atom stereocenters. The van der Waals surface area contributed by atoms with Crippen LogP contribution in [0.2, 0.25) is 0 Å². The van der Waals surface area contributed by atoms with Crippen LogP contribution in [0.3, 0.4) is 0 Å². The Morgan fingerprint density at radius 3 is 2.86 bits per heavy atom. The molecule has 0 fully saturated rings. The molecular formula is C12H14OS. The van der Waals surface area contributed by atoms with Gasteiger partial charge < -0.3 is 4.74 Å². The third-order valence-electron chi connectivity index (χ3n) is 2.68. The first-order valence-corrected chi connectivity index (χ1v) is 5.69. The molecule has 14 heavy (non-hydrogen) atoms. The van der Waals surface area contributed by atoms with Crippen LogP contribution in [0.1, 0.15) is 18.1 Å². The van der Waals surface area contributed by atoms with Gasteiger partial charge in [-0.25, -0.2) is 0 Å². The molecule has 2 rings (SSSR count). The Morgan fingerprint density at radius 2 is 2.21 bits per heavy atom. The van der Waals surface area contributed by atoms with Gasteiger partial charge in [-0.3, -0.25) is 0 Å². The summed E-state index contributed by atoms with van der Waals surface area (Å²) in [6.45, 7) is 4.35. The molecule has 0 aliphatic heterocycles. The van der Waals surface area contributed by atoms with Gasteiger partial charge in [-0.05, 0) is 47.4 Å². The highest BCUT2D eigenvalue weighted by Gasteiger charge is 2.09. The molecule has 0 aliphatic rings. The molecule has 2 heteroatoms. The van der Waals surface area contributed by atoms with Gasteiger partial charge in [0.1, 0.15) is 5.75 Å². The molecule has 1 nitrogen and oxygen atoms in total. The maximum atomic E-state index is 5.40. The normalized spacial score (nSPS) is 10.8. The fraction of sp³-hybridized carbons (Fsp3) is 0.333. The highest BCUT2D eigenvalue weighted by molar-refractivity contribution is 7.17. The van der Waals surface area contributed by atoms with E-state index in [1.165, 1.54) is 21.2 Å². The van der Waals surface area contributed by atoms with Crippen LogP contribution in [0, 0.1) is 6.92 Å². The molecule has 1 heterocycles. The van der Waals surface area contributed by atoms with E-state index in [9.17, 15) is 0 Å². The monoisotopic (exact) mass is 206 g/mol. The lowest BCUT2D eigenvalue weighted by Crippen LogP contribution is -1.93. The summed E-state index contributed by atoms with van der Waals surface area (Å²) in [4.78, 5) is 0. The molecule has 1 aromatic carbocycles. The Bertz CT molecular complexity index is 457. The summed E-state index contributed by atoms with van der Waals surface area (Å²) >= 11 is 1.77. The van der Waals surface area contributed by atoms with Crippen LogP contribution in [-0.2, 0) is 6.42 Å². The average Bonchev–Trinajstić information content (AvgIpc) is 2.65. The van der Waals surface area contributed by atoms with E-state index >= 15 is 0 Å². The quantitative estimate of drug-likeness (QED) is 0.726. The van der Waals surface area contributed by atoms with Crippen molar-refractivity contribution in [3.63, 3.8) is 0 Å². The lowest BCUT2D eigenvalue weighted by atomic mass is 10.0. The van der Waals surface area contributed by atoms with Crippen molar-refractivity contribution in [3.05, 3.63) is 28.6 Å². The van der Waals surface area contributed by atoms with E-state index in [4.69, 9.17) is 4.74 Å². The minimum absolute atomic E-state index is 1.03. The molecule has 0 aliphatic carbocycles. The number of aryl methyl sites for hydroxylation is 1. The highest BCUT2D eigenvalue weighted by atomic mass is 32.1. The summed E-state index contributed by atoms with van der Waals surface area (Å²) in [6.07, 6.45) is 1.03. The number of thiophene rings is 1. The van der Waals surface area contributed by atoms with Gasteiger partial charge in [-0.2, -0.15) is 0 Å². The third-order valence-corrected chi connectivity index (χ3v) is 3.55. The molecule has 0 atom stereocenters. The summed E-state index contributed by atoms with van der Waals surface area (Å²) in [5.74, 6) is 1.03. The van der Waals surface area contributed by atoms with Crippen molar-refractivity contribution < 1.29 is 4.74 Å². The van der Waals surface area contributed by atoms with Crippen molar-refractivity contribution in [2.24, 2.45) is 0 Å². The minimum atomic E-state index is 1.03. The van der Waals surface area contributed by atoms with E-state index in [1.807, 2.05) is 0 Å². The van der Waals surface area contributed by atoms with Crippen LogP contribution in [-0.4, -0.2) is 7.11 Å². The van der Waals surface area contributed by atoms with Gasteiger partial charge >= 0.3 is 0 Å². The summed E-state index contributed by atoms with van der Waals surface area (Å²) in [7, 11) is 1.74. The lowest BCUT2D eigenvalue weighted by molar-refractivity contribution is 0.410. The number of ether oxygens (including phenoxy) is 1. The summed E-state index contributed by atoms with van der Waals surface area (Å²) < 4.78 is 6.72. The Labute approximate surface area is 88.3 Å². The van der Waals surface area contributed by atoms with Crippen molar-refractivity contribution in [3.8, 4) is 5.75 Å². The molecule has 0 amide bonds. The van der Waals surface area contributed by atoms with Crippen LogP contribution < -0.4 is 4.74 Å². The predicted octanol–water partition coefficient (Wildman–Crippen LogP) is 3.78. The van der Waals surface area contributed by atoms with Crippen molar-refractivity contribution in [1.29, 1.82) is 0 Å². The van der Waals surface area contributed by atoms with Gasteiger partial charge in [-0.1, -0.05) is 6.92 Å². The van der Waals surface area contributed by atoms with E-state index in [0.29, 0.717) is 0 Å². The van der Waals surface area contributed by atoms with E-state index in [-0.39, 0.29) is 0 Å². The highest BCUT2D eigenvalue weighted by Crippen LogP contribution is 2.33. The van der Waals surface area contributed by atoms with Crippen LogP contribution in [0.15, 0.2) is 17.5 Å². The van der Waals surface area contributed by atoms with Gasteiger partial charge in [0.15, 0.2) is 0 Å². The first-order valence-electron chi connectivity index (χ1n) is 4.81. The Morgan fingerprint density at radius 1 is 1.43 bits per heavy atom. The number of benzene rings is 1. The molecule has 74 valence electrons. The molecule has 0 bridgehead atoms. The molecule has 0 N–H and O–H groups in total. The van der Waals surface area contributed by atoms with E-state index in [0.717, 1.165) is 12.2 Å². The summed E-state index contributed by atoms with van der Waals surface area (Å²) in [5.41, 5.74) is 2.70. The van der Waals surface area contributed by atoms with Gasteiger partial charge in [0, 0.05) is 4.70 Å². The van der Waals surface area contributed by atoms with Gasteiger partial charge in [-0.15, -0.1) is 11.3 Å². The van der Waals surface area contributed by atoms with E-state index in [2.05, 4.69) is 31.4 Å². The standard InChI is InChI=1S/C12H14OS/c1-4-9-8(2)10-5-6-14-12(10)7-11(9)13-3/h5-7H,4H2,1-3H3. The Balaban J connectivity index is 2.79. The maximum Gasteiger partial charge on any atom is 0.123 e. The van der Waals surface area contributed by atoms with Gasteiger partial charge in [0.2, 0.25) is 0 Å². The van der Waals surface area contributed by atoms with E-state index in [1.54, 1.807) is 18.4 Å². The zero-order valence-corrected chi connectivity index (χ0v) is 9.57. The first-order chi connectivity index (χ1) is 6.77.